The summed E-state index contributed by atoms with van der Waals surface area (Å²) in [5.41, 5.74) is 2.77. The molecule has 0 spiro atoms. The summed E-state index contributed by atoms with van der Waals surface area (Å²) in [5, 5.41) is 2.29. The molecule has 1 heterocycles. The average molecular weight is 175 g/mol. The van der Waals surface area contributed by atoms with Gasteiger partial charge in [-0.2, -0.15) is 0 Å². The number of amides is 2. The van der Waals surface area contributed by atoms with E-state index in [1.807, 2.05) is 26.0 Å². The van der Waals surface area contributed by atoms with E-state index in [4.69, 9.17) is 0 Å². The summed E-state index contributed by atoms with van der Waals surface area (Å²) in [5.74, 6) is -0.553. The van der Waals surface area contributed by atoms with Gasteiger partial charge in [0.15, 0.2) is 0 Å². The van der Waals surface area contributed by atoms with Gasteiger partial charge >= 0.3 is 0 Å². The molecular weight excluding hydrogens is 166 g/mol. The fraction of sp³-hybridized carbons (Fsp3) is 0.200. The van der Waals surface area contributed by atoms with Crippen molar-refractivity contribution >= 4 is 11.8 Å². The molecule has 1 aliphatic heterocycles. The molecule has 0 saturated heterocycles. The lowest BCUT2D eigenvalue weighted by Gasteiger charge is -2.01. The highest BCUT2D eigenvalue weighted by Crippen LogP contribution is 2.22. The molecule has 0 unspecified atom stereocenters. The fourth-order valence-corrected chi connectivity index (χ4v) is 1.62. The van der Waals surface area contributed by atoms with Gasteiger partial charge in [0.25, 0.3) is 11.8 Å². The Bertz CT molecular complexity index is 382. The molecule has 0 atom stereocenters. The second-order valence-electron chi connectivity index (χ2n) is 3.23. The van der Waals surface area contributed by atoms with Crippen molar-refractivity contribution in [2.24, 2.45) is 0 Å². The van der Waals surface area contributed by atoms with Crippen LogP contribution < -0.4 is 5.32 Å². The molecule has 0 aliphatic carbocycles. The van der Waals surface area contributed by atoms with Gasteiger partial charge in [0.1, 0.15) is 0 Å². The molecule has 1 aromatic carbocycles. The van der Waals surface area contributed by atoms with Crippen molar-refractivity contribution < 1.29 is 9.59 Å². The van der Waals surface area contributed by atoms with Crippen molar-refractivity contribution in [3.63, 3.8) is 0 Å². The Balaban J connectivity index is 2.81. The van der Waals surface area contributed by atoms with E-state index in [2.05, 4.69) is 5.32 Å². The van der Waals surface area contributed by atoms with Crippen LogP contribution in [0.25, 0.3) is 0 Å². The van der Waals surface area contributed by atoms with Crippen LogP contribution >= 0.6 is 0 Å². The number of fused-ring (bicyclic) bond motifs is 1. The van der Waals surface area contributed by atoms with Crippen LogP contribution in [0.1, 0.15) is 31.8 Å². The molecule has 0 fully saturated rings. The highest BCUT2D eigenvalue weighted by molar-refractivity contribution is 6.22. The van der Waals surface area contributed by atoms with Gasteiger partial charge in [0.2, 0.25) is 0 Å². The second-order valence-corrected chi connectivity index (χ2v) is 3.23. The highest BCUT2D eigenvalue weighted by atomic mass is 16.2. The maximum absolute atomic E-state index is 11.3. The molecule has 1 N–H and O–H groups in total. The van der Waals surface area contributed by atoms with E-state index in [1.54, 1.807) is 0 Å². The van der Waals surface area contributed by atoms with Crippen LogP contribution in [-0.4, -0.2) is 11.8 Å². The van der Waals surface area contributed by atoms with Gasteiger partial charge in [0, 0.05) is 0 Å². The van der Waals surface area contributed by atoms with Crippen LogP contribution in [0, 0.1) is 13.8 Å². The Morgan fingerprint density at radius 2 is 1.31 bits per heavy atom. The maximum Gasteiger partial charge on any atom is 0.259 e. The van der Waals surface area contributed by atoms with E-state index in [1.165, 1.54) is 0 Å². The first-order chi connectivity index (χ1) is 6.11. The first-order valence-electron chi connectivity index (χ1n) is 4.07. The first kappa shape index (κ1) is 7.98. The minimum atomic E-state index is -0.277. The lowest BCUT2D eigenvalue weighted by Crippen LogP contribution is -2.20. The summed E-state index contributed by atoms with van der Waals surface area (Å²) in [6.07, 6.45) is 0. The number of rotatable bonds is 0. The van der Waals surface area contributed by atoms with Crippen LogP contribution in [-0.2, 0) is 0 Å². The molecule has 3 nitrogen and oxygen atoms in total. The van der Waals surface area contributed by atoms with Gasteiger partial charge in [-0.15, -0.1) is 0 Å². The van der Waals surface area contributed by atoms with E-state index < -0.39 is 0 Å². The Morgan fingerprint density at radius 3 is 1.69 bits per heavy atom. The summed E-state index contributed by atoms with van der Waals surface area (Å²) < 4.78 is 0. The summed E-state index contributed by atoms with van der Waals surface area (Å²) >= 11 is 0. The van der Waals surface area contributed by atoms with E-state index in [0.717, 1.165) is 11.1 Å². The van der Waals surface area contributed by atoms with Crippen LogP contribution in [0.5, 0.6) is 0 Å². The van der Waals surface area contributed by atoms with Gasteiger partial charge in [-0.3, -0.25) is 14.9 Å². The first-order valence-corrected chi connectivity index (χ1v) is 4.07. The molecule has 2 rings (SSSR count). The number of aryl methyl sites for hydroxylation is 2. The smallest absolute Gasteiger partial charge is 0.259 e. The topological polar surface area (TPSA) is 46.2 Å². The predicted molar refractivity (Wildman–Crippen MR) is 47.7 cm³/mol. The molecule has 0 radical (unpaired) electrons. The van der Waals surface area contributed by atoms with Crippen molar-refractivity contribution in [3.05, 3.63) is 34.4 Å². The third-order valence-corrected chi connectivity index (χ3v) is 2.30. The van der Waals surface area contributed by atoms with Gasteiger partial charge in [-0.25, -0.2) is 0 Å². The van der Waals surface area contributed by atoms with E-state index in [0.29, 0.717) is 11.1 Å². The van der Waals surface area contributed by atoms with Crippen molar-refractivity contribution in [1.29, 1.82) is 0 Å². The van der Waals surface area contributed by atoms with E-state index >= 15 is 0 Å². The van der Waals surface area contributed by atoms with Crippen LogP contribution in [0.2, 0.25) is 0 Å². The minimum absolute atomic E-state index is 0.277. The average Bonchev–Trinajstić information content (AvgIpc) is 2.36. The lowest BCUT2D eigenvalue weighted by atomic mass is 9.99. The lowest BCUT2D eigenvalue weighted by molar-refractivity contribution is 0.0879. The predicted octanol–water partition coefficient (Wildman–Crippen LogP) is 1.19. The molecule has 2 amide bonds. The number of benzene rings is 1. The quantitative estimate of drug-likeness (QED) is 0.602. The zero-order chi connectivity index (χ0) is 9.59. The normalized spacial score (nSPS) is 14.3. The SMILES string of the molecule is Cc1ccc(C)c2c1C(=O)NC2=O. The number of hydrogen-bond donors (Lipinski definition) is 1. The monoisotopic (exact) mass is 175 g/mol. The van der Waals surface area contributed by atoms with E-state index in [-0.39, 0.29) is 11.8 Å². The van der Waals surface area contributed by atoms with Crippen molar-refractivity contribution in [1.82, 2.24) is 5.32 Å². The molecule has 0 aromatic heterocycles. The molecule has 1 aromatic rings. The number of nitrogens with one attached hydrogen (secondary N) is 1. The van der Waals surface area contributed by atoms with Gasteiger partial charge in [-0.1, -0.05) is 12.1 Å². The highest BCUT2D eigenvalue weighted by Gasteiger charge is 2.29. The Labute approximate surface area is 75.8 Å². The number of imide groups is 1. The summed E-state index contributed by atoms with van der Waals surface area (Å²) in [7, 11) is 0. The van der Waals surface area contributed by atoms with Crippen molar-refractivity contribution in [2.45, 2.75) is 13.8 Å². The Hall–Kier alpha value is -1.64. The standard InChI is InChI=1S/C10H9NO2/c1-5-3-4-6(2)8-7(5)9(12)11-10(8)13/h3-4H,1-2H3,(H,11,12,13). The summed E-state index contributed by atoms with van der Waals surface area (Å²) in [6, 6.07) is 3.71. The van der Waals surface area contributed by atoms with Gasteiger partial charge in [0.05, 0.1) is 11.1 Å². The van der Waals surface area contributed by atoms with Crippen molar-refractivity contribution in [3.8, 4) is 0 Å². The second kappa shape index (κ2) is 2.42. The zero-order valence-electron chi connectivity index (χ0n) is 7.47. The van der Waals surface area contributed by atoms with Crippen LogP contribution in [0.15, 0.2) is 12.1 Å². The Morgan fingerprint density at radius 1 is 0.923 bits per heavy atom. The Kier molecular flexibility index (Phi) is 1.49. The third kappa shape index (κ3) is 0.967. The molecule has 13 heavy (non-hydrogen) atoms. The molecular formula is C10H9NO2. The molecule has 0 saturated carbocycles. The van der Waals surface area contributed by atoms with E-state index in [9.17, 15) is 9.59 Å². The molecule has 1 aliphatic rings. The number of carbonyl (C=O) groups is 2. The molecule has 66 valence electrons. The van der Waals surface area contributed by atoms with Gasteiger partial charge in [-0.05, 0) is 25.0 Å². The molecule has 0 bridgehead atoms. The minimum Gasteiger partial charge on any atom is -0.288 e. The van der Waals surface area contributed by atoms with Gasteiger partial charge < -0.3 is 0 Å². The fourth-order valence-electron chi connectivity index (χ4n) is 1.62. The largest absolute Gasteiger partial charge is 0.288 e. The zero-order valence-corrected chi connectivity index (χ0v) is 7.47. The summed E-state index contributed by atoms with van der Waals surface area (Å²) in [4.78, 5) is 22.6. The molecule has 3 heteroatoms. The number of carbonyl (C=O) groups excluding carboxylic acids is 2. The summed E-state index contributed by atoms with van der Waals surface area (Å²) in [6.45, 7) is 3.66. The maximum atomic E-state index is 11.3. The van der Waals surface area contributed by atoms with Crippen LogP contribution in [0.3, 0.4) is 0 Å². The third-order valence-electron chi connectivity index (χ3n) is 2.30. The van der Waals surface area contributed by atoms with Crippen molar-refractivity contribution in [2.75, 3.05) is 0 Å². The number of hydrogen-bond acceptors (Lipinski definition) is 2. The van der Waals surface area contributed by atoms with Crippen LogP contribution in [0.4, 0.5) is 0 Å².